The Bertz CT molecular complexity index is 1540. The van der Waals surface area contributed by atoms with E-state index in [1.807, 2.05) is 4.68 Å². The Morgan fingerprint density at radius 3 is 2.49 bits per heavy atom. The summed E-state index contributed by atoms with van der Waals surface area (Å²) in [5.41, 5.74) is 2.41. The van der Waals surface area contributed by atoms with E-state index in [0.29, 0.717) is 43.8 Å². The van der Waals surface area contributed by atoms with E-state index in [4.69, 9.17) is 27.9 Å². The van der Waals surface area contributed by atoms with Gasteiger partial charge in [0.25, 0.3) is 0 Å². The minimum Gasteiger partial charge on any atom is -0.403 e. The quantitative estimate of drug-likeness (QED) is 0.224. The summed E-state index contributed by atoms with van der Waals surface area (Å²) in [5, 5.41) is 10.6. The second kappa shape index (κ2) is 9.50. The smallest absolute Gasteiger partial charge is 0.403 e. The zero-order valence-electron chi connectivity index (χ0n) is 20.4. The summed E-state index contributed by atoms with van der Waals surface area (Å²) >= 11 is 14.4. The summed E-state index contributed by atoms with van der Waals surface area (Å²) in [6.07, 6.45) is -0.881. The molecular weight excluding hydrogens is 574 g/mol. The number of alkyl halides is 3. The predicted molar refractivity (Wildman–Crippen MR) is 142 cm³/mol. The van der Waals surface area contributed by atoms with Crippen LogP contribution in [-0.2, 0) is 11.3 Å². The Morgan fingerprint density at radius 2 is 1.79 bits per heavy atom. The molecule has 0 amide bonds. The van der Waals surface area contributed by atoms with Gasteiger partial charge in [-0.25, -0.2) is 9.67 Å². The summed E-state index contributed by atoms with van der Waals surface area (Å²) in [6, 6.07) is 10.5. The maximum absolute atomic E-state index is 12.9. The van der Waals surface area contributed by atoms with E-state index in [1.165, 1.54) is 17.4 Å². The van der Waals surface area contributed by atoms with E-state index in [-0.39, 0.29) is 29.3 Å². The first-order chi connectivity index (χ1) is 18.7. The molecule has 3 aliphatic rings. The van der Waals surface area contributed by atoms with Crippen LogP contribution in [0.3, 0.4) is 0 Å². The maximum atomic E-state index is 12.9. The Morgan fingerprint density at radius 1 is 1.03 bits per heavy atom. The second-order valence-electron chi connectivity index (χ2n) is 10.2. The van der Waals surface area contributed by atoms with Crippen LogP contribution in [0, 0.1) is 5.92 Å². The van der Waals surface area contributed by atoms with Gasteiger partial charge in [0.05, 0.1) is 39.2 Å². The Balaban J connectivity index is 1.08. The van der Waals surface area contributed by atoms with Crippen LogP contribution in [0.4, 0.5) is 18.3 Å². The molecule has 2 aromatic heterocycles. The minimum atomic E-state index is -4.77. The molecule has 2 aromatic carbocycles. The zero-order chi connectivity index (χ0) is 26.9. The number of ether oxygens (including phenoxy) is 2. The van der Waals surface area contributed by atoms with E-state index >= 15 is 0 Å². The van der Waals surface area contributed by atoms with Gasteiger partial charge >= 0.3 is 6.36 Å². The molecule has 0 N–H and O–H groups in total. The number of thiazole rings is 1. The molecule has 7 rings (SSSR count). The molecule has 4 aromatic rings. The average Bonchev–Trinajstić information content (AvgIpc) is 3.21. The molecule has 13 heteroatoms. The summed E-state index contributed by atoms with van der Waals surface area (Å²) in [5.74, 6) is 0.00823. The number of fused-ring (bicyclic) bond motifs is 3. The SMILES string of the molecule is FC(F)(F)Oc1cccc2sc(N3C[C@@H]4C[C@H]3C[C@H]4OCc3c(-c4c(Cl)cccc4Cl)nnn3C3CC3)nc12. The van der Waals surface area contributed by atoms with Gasteiger partial charge in [-0.15, -0.1) is 18.3 Å². The summed E-state index contributed by atoms with van der Waals surface area (Å²) in [4.78, 5) is 6.73. The lowest BCUT2D eigenvalue weighted by molar-refractivity contribution is -0.274. The number of aromatic nitrogens is 4. The van der Waals surface area contributed by atoms with E-state index < -0.39 is 6.36 Å². The van der Waals surface area contributed by atoms with Gasteiger partial charge in [-0.05, 0) is 49.9 Å². The van der Waals surface area contributed by atoms with Gasteiger partial charge in [0.15, 0.2) is 10.9 Å². The van der Waals surface area contributed by atoms with E-state index in [1.54, 1.807) is 30.3 Å². The van der Waals surface area contributed by atoms with Crippen molar-refractivity contribution in [2.45, 2.75) is 56.8 Å². The van der Waals surface area contributed by atoms with Crippen molar-refractivity contribution in [1.82, 2.24) is 20.0 Å². The number of hydrogen-bond donors (Lipinski definition) is 0. The summed E-state index contributed by atoms with van der Waals surface area (Å²) in [7, 11) is 0. The van der Waals surface area contributed by atoms with Crippen LogP contribution in [0.5, 0.6) is 5.75 Å². The molecule has 1 saturated heterocycles. The highest BCUT2D eigenvalue weighted by atomic mass is 35.5. The van der Waals surface area contributed by atoms with Crippen molar-refractivity contribution in [1.29, 1.82) is 0 Å². The van der Waals surface area contributed by atoms with Crippen molar-refractivity contribution in [3.8, 4) is 17.0 Å². The fourth-order valence-electron chi connectivity index (χ4n) is 5.75. The molecule has 0 radical (unpaired) electrons. The predicted octanol–water partition coefficient (Wildman–Crippen LogP) is 7.28. The standard InChI is InChI=1S/C26H22Cl2F3N5O2S/c27-16-3-1-4-17(28)22(16)23-18(36(34-33-23)14-7-8-14)12-37-20-10-15-9-13(20)11-35(15)25-32-24-19(38-26(29,30)31)5-2-6-21(24)39-25/h1-6,13-15,20H,7-12H2/t13-,15-,20+/m0/s1. The lowest BCUT2D eigenvalue weighted by atomic mass is 10.1. The molecule has 1 aliphatic heterocycles. The molecule has 3 fully saturated rings. The number of halogens is 5. The van der Waals surface area contributed by atoms with Gasteiger partial charge in [-0.1, -0.05) is 51.9 Å². The van der Waals surface area contributed by atoms with Crippen molar-refractivity contribution >= 4 is 49.9 Å². The first-order valence-corrected chi connectivity index (χ1v) is 14.2. The number of anilines is 1. The van der Waals surface area contributed by atoms with E-state index in [2.05, 4.69) is 24.9 Å². The van der Waals surface area contributed by atoms with Crippen LogP contribution in [0.1, 0.15) is 37.4 Å². The molecule has 7 nitrogen and oxygen atoms in total. The van der Waals surface area contributed by atoms with Gasteiger partial charge < -0.3 is 14.4 Å². The van der Waals surface area contributed by atoms with Gasteiger partial charge in [0, 0.05) is 24.1 Å². The third-order valence-electron chi connectivity index (χ3n) is 7.64. The molecule has 2 aliphatic carbocycles. The normalized spacial score (nSPS) is 22.8. The van der Waals surface area contributed by atoms with Gasteiger partial charge in [0.1, 0.15) is 11.2 Å². The largest absolute Gasteiger partial charge is 0.573 e. The number of nitrogens with zero attached hydrogens (tertiary/aromatic N) is 5. The highest BCUT2D eigenvalue weighted by molar-refractivity contribution is 7.22. The average molecular weight is 596 g/mol. The number of rotatable bonds is 7. The number of para-hydroxylation sites is 1. The second-order valence-corrected chi connectivity index (χ2v) is 12.0. The fraction of sp³-hybridized carbons (Fsp3) is 0.423. The fourth-order valence-corrected chi connectivity index (χ4v) is 7.39. The van der Waals surface area contributed by atoms with Crippen LogP contribution in [-0.4, -0.2) is 45.0 Å². The molecular formula is C26H22Cl2F3N5O2S. The monoisotopic (exact) mass is 595 g/mol. The first-order valence-electron chi connectivity index (χ1n) is 12.7. The van der Waals surface area contributed by atoms with Crippen LogP contribution in [0.15, 0.2) is 36.4 Å². The summed E-state index contributed by atoms with van der Waals surface area (Å²) in [6.45, 7) is 1.07. The third-order valence-corrected chi connectivity index (χ3v) is 9.32. The van der Waals surface area contributed by atoms with Crippen molar-refractivity contribution in [2.75, 3.05) is 11.4 Å². The minimum absolute atomic E-state index is 0.0434. The van der Waals surface area contributed by atoms with Crippen molar-refractivity contribution < 1.29 is 22.6 Å². The summed E-state index contributed by atoms with van der Waals surface area (Å²) < 4.78 is 51.9. The molecule has 39 heavy (non-hydrogen) atoms. The lowest BCUT2D eigenvalue weighted by Gasteiger charge is -2.31. The highest BCUT2D eigenvalue weighted by Crippen LogP contribution is 2.46. The van der Waals surface area contributed by atoms with Crippen molar-refractivity contribution in [3.63, 3.8) is 0 Å². The Kier molecular flexibility index (Phi) is 6.18. The van der Waals surface area contributed by atoms with Crippen LogP contribution < -0.4 is 9.64 Å². The highest BCUT2D eigenvalue weighted by Gasteiger charge is 2.46. The van der Waals surface area contributed by atoms with Crippen LogP contribution >= 0.6 is 34.5 Å². The Hall–Kier alpha value is -2.60. The van der Waals surface area contributed by atoms with Crippen molar-refractivity contribution in [2.24, 2.45) is 5.92 Å². The topological polar surface area (TPSA) is 65.3 Å². The maximum Gasteiger partial charge on any atom is 0.573 e. The molecule has 3 heterocycles. The number of benzene rings is 2. The number of hydrogen-bond acceptors (Lipinski definition) is 7. The molecule has 204 valence electrons. The molecule has 2 saturated carbocycles. The molecule has 3 atom stereocenters. The van der Waals surface area contributed by atoms with Gasteiger partial charge in [-0.3, -0.25) is 0 Å². The van der Waals surface area contributed by atoms with E-state index in [0.717, 1.165) is 37.9 Å². The molecule has 0 unspecified atom stereocenters. The zero-order valence-corrected chi connectivity index (χ0v) is 22.7. The number of piperidine rings is 1. The van der Waals surface area contributed by atoms with E-state index in [9.17, 15) is 13.2 Å². The van der Waals surface area contributed by atoms with Crippen LogP contribution in [0.25, 0.3) is 21.5 Å². The van der Waals surface area contributed by atoms with Crippen molar-refractivity contribution in [3.05, 3.63) is 52.1 Å². The lowest BCUT2D eigenvalue weighted by Crippen LogP contribution is -2.38. The molecule has 0 spiro atoms. The Labute approximate surface area is 235 Å². The first kappa shape index (κ1) is 25.4. The third kappa shape index (κ3) is 4.73. The van der Waals surface area contributed by atoms with Gasteiger partial charge in [0.2, 0.25) is 0 Å². The molecule has 2 bridgehead atoms. The van der Waals surface area contributed by atoms with Crippen LogP contribution in [0.2, 0.25) is 10.0 Å². The van der Waals surface area contributed by atoms with Gasteiger partial charge in [-0.2, -0.15) is 0 Å².